The maximum absolute atomic E-state index is 11.6. The minimum Gasteiger partial charge on any atom is -0.336 e. The minimum atomic E-state index is 0.0726. The van der Waals surface area contributed by atoms with Crippen LogP contribution < -0.4 is 4.90 Å². The van der Waals surface area contributed by atoms with Gasteiger partial charge in [-0.3, -0.25) is 0 Å². The Hall–Kier alpha value is -1.71. The zero-order valence-electron chi connectivity index (χ0n) is 9.97. The molecule has 0 aliphatic carbocycles. The van der Waals surface area contributed by atoms with Crippen LogP contribution in [0.5, 0.6) is 0 Å². The van der Waals surface area contributed by atoms with Crippen LogP contribution >= 0.6 is 0 Å². The van der Waals surface area contributed by atoms with E-state index in [1.54, 1.807) is 9.80 Å². The number of anilines is 1. The molecule has 0 bridgehead atoms. The van der Waals surface area contributed by atoms with E-state index in [9.17, 15) is 4.79 Å². The normalized spacial score (nSPS) is 16.9. The first-order valence-corrected chi connectivity index (χ1v) is 5.36. The van der Waals surface area contributed by atoms with Crippen molar-refractivity contribution in [2.24, 2.45) is 0 Å². The molecule has 0 saturated carbocycles. The van der Waals surface area contributed by atoms with Gasteiger partial charge in [-0.05, 0) is 19.1 Å². The Morgan fingerprint density at radius 3 is 2.00 bits per heavy atom. The van der Waals surface area contributed by atoms with Gasteiger partial charge in [-0.15, -0.1) is 0 Å². The summed E-state index contributed by atoms with van der Waals surface area (Å²) in [5.74, 6) is 0. The van der Waals surface area contributed by atoms with Crippen LogP contribution in [0.3, 0.4) is 0 Å². The minimum absolute atomic E-state index is 0.0726. The highest BCUT2D eigenvalue weighted by atomic mass is 16.2. The van der Waals surface area contributed by atoms with Gasteiger partial charge >= 0.3 is 6.03 Å². The summed E-state index contributed by atoms with van der Waals surface area (Å²) in [6.07, 6.45) is 0. The molecule has 1 fully saturated rings. The van der Waals surface area contributed by atoms with Gasteiger partial charge in [-0.1, -0.05) is 17.7 Å². The topological polar surface area (TPSA) is 26.8 Å². The van der Waals surface area contributed by atoms with E-state index >= 15 is 0 Å². The summed E-state index contributed by atoms with van der Waals surface area (Å²) in [5, 5.41) is 0. The van der Waals surface area contributed by atoms with Gasteiger partial charge in [0.1, 0.15) is 0 Å². The van der Waals surface area contributed by atoms with E-state index in [1.165, 1.54) is 5.56 Å². The molecule has 0 radical (unpaired) electrons. The van der Waals surface area contributed by atoms with Crippen LogP contribution in [0.1, 0.15) is 5.56 Å². The van der Waals surface area contributed by atoms with Crippen molar-refractivity contribution in [3.8, 4) is 0 Å². The first-order chi connectivity index (χ1) is 7.58. The number of nitrogens with zero attached hydrogens (tertiary/aromatic N) is 3. The standard InChI is InChI=1S/C12H17N3O/c1-10-4-6-11(7-5-10)15-8-13(2)12(16)14(3)9-15/h4-7H,8-9H2,1-3H3. The third-order valence-electron chi connectivity index (χ3n) is 2.82. The van der Waals surface area contributed by atoms with Crippen LogP contribution in [0, 0.1) is 6.92 Å². The molecule has 0 spiro atoms. The molecule has 16 heavy (non-hydrogen) atoms. The third kappa shape index (κ3) is 1.96. The molecule has 2 amide bonds. The maximum Gasteiger partial charge on any atom is 0.322 e. The molecular weight excluding hydrogens is 202 g/mol. The van der Waals surface area contributed by atoms with E-state index in [0.717, 1.165) is 5.69 Å². The van der Waals surface area contributed by atoms with Crippen LogP contribution in [0.2, 0.25) is 0 Å². The van der Waals surface area contributed by atoms with Crippen LogP contribution in [-0.4, -0.2) is 43.3 Å². The summed E-state index contributed by atoms with van der Waals surface area (Å²) >= 11 is 0. The second-order valence-corrected chi connectivity index (χ2v) is 4.34. The number of urea groups is 1. The van der Waals surface area contributed by atoms with Gasteiger partial charge in [0.05, 0.1) is 13.3 Å². The lowest BCUT2D eigenvalue weighted by Gasteiger charge is -2.40. The zero-order chi connectivity index (χ0) is 11.7. The fourth-order valence-electron chi connectivity index (χ4n) is 1.89. The van der Waals surface area contributed by atoms with E-state index in [0.29, 0.717) is 13.3 Å². The average Bonchev–Trinajstić information content (AvgIpc) is 2.26. The predicted molar refractivity (Wildman–Crippen MR) is 64.3 cm³/mol. The first kappa shape index (κ1) is 10.8. The smallest absolute Gasteiger partial charge is 0.322 e. The Bertz CT molecular complexity index is 374. The van der Waals surface area contributed by atoms with Crippen LogP contribution in [0.25, 0.3) is 0 Å². The van der Waals surface area contributed by atoms with Gasteiger partial charge in [-0.25, -0.2) is 4.79 Å². The third-order valence-corrected chi connectivity index (χ3v) is 2.82. The largest absolute Gasteiger partial charge is 0.336 e. The number of carbonyl (C=O) groups is 1. The van der Waals surface area contributed by atoms with Crippen LogP contribution in [0.15, 0.2) is 24.3 Å². The van der Waals surface area contributed by atoms with Crippen molar-refractivity contribution in [3.05, 3.63) is 29.8 Å². The number of hydrogen-bond acceptors (Lipinski definition) is 2. The Balaban J connectivity index is 2.17. The van der Waals surface area contributed by atoms with Crippen molar-refractivity contribution in [3.63, 3.8) is 0 Å². The molecule has 1 saturated heterocycles. The number of rotatable bonds is 1. The number of amides is 2. The van der Waals surface area contributed by atoms with Crippen molar-refractivity contribution >= 4 is 11.7 Å². The highest BCUT2D eigenvalue weighted by molar-refractivity contribution is 5.75. The van der Waals surface area contributed by atoms with Crippen molar-refractivity contribution in [1.29, 1.82) is 0 Å². The number of hydrogen-bond donors (Lipinski definition) is 0. The van der Waals surface area contributed by atoms with Crippen molar-refractivity contribution in [1.82, 2.24) is 9.80 Å². The molecule has 0 aromatic heterocycles. The molecule has 0 N–H and O–H groups in total. The van der Waals surface area contributed by atoms with Crippen LogP contribution in [-0.2, 0) is 0 Å². The Kier molecular flexibility index (Phi) is 2.73. The number of aryl methyl sites for hydroxylation is 1. The lowest BCUT2D eigenvalue weighted by molar-refractivity contribution is 0.154. The van der Waals surface area contributed by atoms with Crippen molar-refractivity contribution in [2.75, 3.05) is 32.3 Å². The molecule has 1 aliphatic heterocycles. The van der Waals surface area contributed by atoms with Gasteiger partial charge in [-0.2, -0.15) is 0 Å². The van der Waals surface area contributed by atoms with E-state index in [2.05, 4.69) is 36.1 Å². The molecule has 1 aliphatic rings. The van der Waals surface area contributed by atoms with Gasteiger partial charge in [0.2, 0.25) is 0 Å². The molecule has 1 aromatic carbocycles. The number of benzene rings is 1. The van der Waals surface area contributed by atoms with Gasteiger partial charge in [0.25, 0.3) is 0 Å². The van der Waals surface area contributed by atoms with Crippen LogP contribution in [0.4, 0.5) is 10.5 Å². The molecule has 0 atom stereocenters. The van der Waals surface area contributed by atoms with Gasteiger partial charge < -0.3 is 14.7 Å². The predicted octanol–water partition coefficient (Wildman–Crippen LogP) is 1.71. The molecule has 86 valence electrons. The summed E-state index contributed by atoms with van der Waals surface area (Å²) in [6, 6.07) is 8.43. The molecule has 1 heterocycles. The summed E-state index contributed by atoms with van der Waals surface area (Å²) in [6.45, 7) is 3.36. The monoisotopic (exact) mass is 219 g/mol. The first-order valence-electron chi connectivity index (χ1n) is 5.36. The average molecular weight is 219 g/mol. The number of carbonyl (C=O) groups excluding carboxylic acids is 1. The molecular formula is C12H17N3O. The fraction of sp³-hybridized carbons (Fsp3) is 0.417. The lowest BCUT2D eigenvalue weighted by Crippen LogP contribution is -2.55. The second kappa shape index (κ2) is 4.04. The highest BCUT2D eigenvalue weighted by Crippen LogP contribution is 2.18. The lowest BCUT2D eigenvalue weighted by atomic mass is 10.2. The molecule has 1 aromatic rings. The van der Waals surface area contributed by atoms with Crippen molar-refractivity contribution in [2.45, 2.75) is 6.92 Å². The SMILES string of the molecule is Cc1ccc(N2CN(C)C(=O)N(C)C2)cc1. The summed E-state index contributed by atoms with van der Waals surface area (Å²) in [5.41, 5.74) is 2.40. The fourth-order valence-corrected chi connectivity index (χ4v) is 1.89. The Morgan fingerprint density at radius 1 is 1.00 bits per heavy atom. The molecule has 4 nitrogen and oxygen atoms in total. The van der Waals surface area contributed by atoms with E-state index < -0.39 is 0 Å². The summed E-state index contributed by atoms with van der Waals surface area (Å²) < 4.78 is 0. The van der Waals surface area contributed by atoms with E-state index in [-0.39, 0.29) is 6.03 Å². The van der Waals surface area contributed by atoms with E-state index in [4.69, 9.17) is 0 Å². The summed E-state index contributed by atoms with van der Waals surface area (Å²) in [7, 11) is 3.64. The maximum atomic E-state index is 11.6. The van der Waals surface area contributed by atoms with E-state index in [1.807, 2.05) is 14.1 Å². The Morgan fingerprint density at radius 2 is 1.50 bits per heavy atom. The van der Waals surface area contributed by atoms with Gasteiger partial charge in [0.15, 0.2) is 0 Å². The quantitative estimate of drug-likeness (QED) is 0.719. The molecule has 2 rings (SSSR count). The van der Waals surface area contributed by atoms with Gasteiger partial charge in [0, 0.05) is 19.8 Å². The molecule has 4 heteroatoms. The van der Waals surface area contributed by atoms with Crippen molar-refractivity contribution < 1.29 is 4.79 Å². The zero-order valence-corrected chi connectivity index (χ0v) is 9.97. The highest BCUT2D eigenvalue weighted by Gasteiger charge is 2.24. The second-order valence-electron chi connectivity index (χ2n) is 4.34. The molecule has 0 unspecified atom stereocenters. The Labute approximate surface area is 96.1 Å². The summed E-state index contributed by atoms with van der Waals surface area (Å²) in [4.78, 5) is 17.2.